The average Bonchev–Trinajstić information content (AvgIpc) is 2.38. The second-order valence-electron chi connectivity index (χ2n) is 4.24. The molecule has 0 aliphatic heterocycles. The van der Waals surface area contributed by atoms with Crippen LogP contribution in [0.2, 0.25) is 0 Å². The predicted molar refractivity (Wildman–Crippen MR) is 73.0 cm³/mol. The van der Waals surface area contributed by atoms with E-state index in [0.29, 0.717) is 12.0 Å². The maximum atomic E-state index is 12.0. The van der Waals surface area contributed by atoms with Crippen LogP contribution in [0.1, 0.15) is 30.1 Å². The smallest absolute Gasteiger partial charge is 0.305 e. The highest BCUT2D eigenvalue weighted by Gasteiger charge is 2.14. The third-order valence-electron chi connectivity index (χ3n) is 2.69. The van der Waals surface area contributed by atoms with Gasteiger partial charge in [0.15, 0.2) is 5.78 Å². The SMILES string of the molecule is COC(=O)C[C@H](C)CC(=O)c1ccc(SC)cc1. The van der Waals surface area contributed by atoms with Crippen molar-refractivity contribution in [1.29, 1.82) is 0 Å². The van der Waals surface area contributed by atoms with Gasteiger partial charge in [0.1, 0.15) is 0 Å². The van der Waals surface area contributed by atoms with Gasteiger partial charge in [0, 0.05) is 23.3 Å². The van der Waals surface area contributed by atoms with Gasteiger partial charge in [-0.1, -0.05) is 19.1 Å². The summed E-state index contributed by atoms with van der Waals surface area (Å²) >= 11 is 1.64. The molecule has 3 nitrogen and oxygen atoms in total. The fourth-order valence-corrected chi connectivity index (χ4v) is 2.06. The Labute approximate surface area is 112 Å². The van der Waals surface area contributed by atoms with Crippen LogP contribution in [-0.2, 0) is 9.53 Å². The standard InChI is InChI=1S/C14H18O3S/c1-10(9-14(16)17-2)8-13(15)11-4-6-12(18-3)7-5-11/h4-7,10H,8-9H2,1-3H3/t10-/m1/s1. The van der Waals surface area contributed by atoms with Gasteiger partial charge in [0.05, 0.1) is 7.11 Å². The summed E-state index contributed by atoms with van der Waals surface area (Å²) in [5, 5.41) is 0. The molecule has 0 aliphatic rings. The number of rotatable bonds is 6. The van der Waals surface area contributed by atoms with Gasteiger partial charge in [-0.25, -0.2) is 0 Å². The molecule has 0 N–H and O–H groups in total. The van der Waals surface area contributed by atoms with Crippen molar-refractivity contribution in [2.75, 3.05) is 13.4 Å². The van der Waals surface area contributed by atoms with Crippen molar-refractivity contribution in [3.05, 3.63) is 29.8 Å². The summed E-state index contributed by atoms with van der Waals surface area (Å²) in [5.74, 6) is -0.197. The molecule has 0 heterocycles. The Hall–Kier alpha value is -1.29. The van der Waals surface area contributed by atoms with Gasteiger partial charge in [-0.2, -0.15) is 0 Å². The van der Waals surface area contributed by atoms with Crippen LogP contribution in [0.25, 0.3) is 0 Å². The molecule has 0 amide bonds. The van der Waals surface area contributed by atoms with E-state index in [2.05, 4.69) is 4.74 Å². The lowest BCUT2D eigenvalue weighted by Gasteiger charge is -2.09. The second kappa shape index (κ2) is 7.21. The lowest BCUT2D eigenvalue weighted by atomic mass is 9.97. The molecule has 18 heavy (non-hydrogen) atoms. The van der Waals surface area contributed by atoms with Crippen LogP contribution in [0, 0.1) is 5.92 Å². The first-order chi connectivity index (χ1) is 8.56. The third kappa shape index (κ3) is 4.53. The zero-order chi connectivity index (χ0) is 13.5. The fourth-order valence-electron chi connectivity index (χ4n) is 1.65. The molecule has 0 unspecified atom stereocenters. The minimum atomic E-state index is -0.270. The lowest BCUT2D eigenvalue weighted by molar-refractivity contribution is -0.141. The summed E-state index contributed by atoms with van der Waals surface area (Å²) in [5.41, 5.74) is 0.699. The largest absolute Gasteiger partial charge is 0.469 e. The van der Waals surface area contributed by atoms with E-state index in [1.807, 2.05) is 37.4 Å². The Balaban J connectivity index is 2.56. The van der Waals surface area contributed by atoms with E-state index in [0.717, 1.165) is 4.90 Å². The van der Waals surface area contributed by atoms with E-state index >= 15 is 0 Å². The summed E-state index contributed by atoms with van der Waals surface area (Å²) in [6, 6.07) is 7.53. The van der Waals surface area contributed by atoms with Gasteiger partial charge in [-0.3, -0.25) is 9.59 Å². The zero-order valence-electron chi connectivity index (χ0n) is 10.9. The minimum Gasteiger partial charge on any atom is -0.469 e. The molecule has 0 spiro atoms. The zero-order valence-corrected chi connectivity index (χ0v) is 11.8. The Kier molecular flexibility index (Phi) is 5.92. The first kappa shape index (κ1) is 14.8. The molecule has 0 saturated carbocycles. The Bertz CT molecular complexity index is 412. The lowest BCUT2D eigenvalue weighted by Crippen LogP contribution is -2.11. The average molecular weight is 266 g/mol. The van der Waals surface area contributed by atoms with Gasteiger partial charge < -0.3 is 4.74 Å². The van der Waals surface area contributed by atoms with E-state index in [1.165, 1.54) is 7.11 Å². The molecule has 0 aliphatic carbocycles. The molecule has 98 valence electrons. The van der Waals surface area contributed by atoms with Crippen molar-refractivity contribution < 1.29 is 14.3 Å². The van der Waals surface area contributed by atoms with Crippen LogP contribution < -0.4 is 0 Å². The highest BCUT2D eigenvalue weighted by atomic mass is 32.2. The molecule has 4 heteroatoms. The third-order valence-corrected chi connectivity index (χ3v) is 3.43. The van der Waals surface area contributed by atoms with E-state index in [-0.39, 0.29) is 24.1 Å². The van der Waals surface area contributed by atoms with E-state index in [1.54, 1.807) is 11.8 Å². The van der Waals surface area contributed by atoms with Crippen molar-refractivity contribution in [3.63, 3.8) is 0 Å². The maximum Gasteiger partial charge on any atom is 0.305 e. The normalized spacial score (nSPS) is 11.9. The first-order valence-electron chi connectivity index (χ1n) is 5.81. The number of thioether (sulfide) groups is 1. The first-order valence-corrected chi connectivity index (χ1v) is 7.03. The van der Waals surface area contributed by atoms with E-state index < -0.39 is 0 Å². The Morgan fingerprint density at radius 3 is 2.33 bits per heavy atom. The van der Waals surface area contributed by atoms with Crippen LogP contribution in [0.15, 0.2) is 29.2 Å². The number of ether oxygens (including phenoxy) is 1. The number of methoxy groups -OCH3 is 1. The van der Waals surface area contributed by atoms with Gasteiger partial charge in [-0.05, 0) is 24.3 Å². The van der Waals surface area contributed by atoms with Crippen LogP contribution in [0.4, 0.5) is 0 Å². The number of esters is 1. The monoisotopic (exact) mass is 266 g/mol. The molecule has 0 saturated heterocycles. The molecule has 1 atom stereocenters. The summed E-state index contributed by atoms with van der Waals surface area (Å²) in [6.07, 6.45) is 2.65. The highest BCUT2D eigenvalue weighted by Crippen LogP contribution is 2.18. The number of Topliss-reactive ketones (excluding diaryl/α,β-unsaturated/α-hetero) is 1. The number of carbonyl (C=O) groups is 2. The van der Waals surface area contributed by atoms with Gasteiger partial charge in [-0.15, -0.1) is 11.8 Å². The van der Waals surface area contributed by atoms with Crippen molar-refractivity contribution in [1.82, 2.24) is 0 Å². The van der Waals surface area contributed by atoms with Crippen LogP contribution >= 0.6 is 11.8 Å². The Morgan fingerprint density at radius 1 is 1.22 bits per heavy atom. The quantitative estimate of drug-likeness (QED) is 0.450. The van der Waals surface area contributed by atoms with E-state index in [4.69, 9.17) is 0 Å². The van der Waals surface area contributed by atoms with Crippen molar-refractivity contribution in [2.45, 2.75) is 24.7 Å². The van der Waals surface area contributed by atoms with Crippen LogP contribution in [0.5, 0.6) is 0 Å². The molecular formula is C14H18O3S. The van der Waals surface area contributed by atoms with Gasteiger partial charge in [0.25, 0.3) is 0 Å². The summed E-state index contributed by atoms with van der Waals surface area (Å²) in [4.78, 5) is 24.2. The highest BCUT2D eigenvalue weighted by molar-refractivity contribution is 7.98. The topological polar surface area (TPSA) is 43.4 Å². The summed E-state index contributed by atoms with van der Waals surface area (Å²) in [6.45, 7) is 1.88. The second-order valence-corrected chi connectivity index (χ2v) is 5.12. The fraction of sp³-hybridized carbons (Fsp3) is 0.429. The molecule has 0 radical (unpaired) electrons. The van der Waals surface area contributed by atoms with Gasteiger partial charge in [0.2, 0.25) is 0 Å². The minimum absolute atomic E-state index is 0.00479. The molecule has 1 rings (SSSR count). The molecule has 0 fully saturated rings. The predicted octanol–water partition coefficient (Wildman–Crippen LogP) is 3.18. The summed E-state index contributed by atoms with van der Waals surface area (Å²) < 4.78 is 4.59. The van der Waals surface area contributed by atoms with Gasteiger partial charge >= 0.3 is 5.97 Å². The number of hydrogen-bond donors (Lipinski definition) is 0. The number of hydrogen-bond acceptors (Lipinski definition) is 4. The van der Waals surface area contributed by atoms with Crippen molar-refractivity contribution in [2.24, 2.45) is 5.92 Å². The maximum absolute atomic E-state index is 12.0. The molecule has 0 aromatic heterocycles. The molecule has 0 bridgehead atoms. The Morgan fingerprint density at radius 2 is 1.83 bits per heavy atom. The van der Waals surface area contributed by atoms with Crippen LogP contribution in [0.3, 0.4) is 0 Å². The molecule has 1 aromatic rings. The number of carbonyl (C=O) groups excluding carboxylic acids is 2. The summed E-state index contributed by atoms with van der Waals surface area (Å²) in [7, 11) is 1.36. The van der Waals surface area contributed by atoms with Crippen molar-refractivity contribution >= 4 is 23.5 Å². The number of benzene rings is 1. The van der Waals surface area contributed by atoms with Crippen molar-refractivity contribution in [3.8, 4) is 0 Å². The van der Waals surface area contributed by atoms with E-state index in [9.17, 15) is 9.59 Å². The molecular weight excluding hydrogens is 248 g/mol. The van der Waals surface area contributed by atoms with Crippen LogP contribution in [-0.4, -0.2) is 25.1 Å². The molecule has 1 aromatic carbocycles. The number of ketones is 1.